The minimum atomic E-state index is -0.190. The van der Waals surface area contributed by atoms with Crippen molar-refractivity contribution >= 4 is 5.78 Å². The molecule has 2 aromatic rings. The van der Waals surface area contributed by atoms with Crippen LogP contribution in [0.25, 0.3) is 5.78 Å². The van der Waals surface area contributed by atoms with Crippen LogP contribution in [0.5, 0.6) is 0 Å². The molecule has 56 valence electrons. The van der Waals surface area contributed by atoms with Crippen molar-refractivity contribution in [2.45, 2.75) is 6.92 Å². The van der Waals surface area contributed by atoms with E-state index in [4.69, 9.17) is 0 Å². The second kappa shape index (κ2) is 3.38. The van der Waals surface area contributed by atoms with Crippen molar-refractivity contribution in [3.63, 3.8) is 0 Å². The van der Waals surface area contributed by atoms with Gasteiger partial charge in [0.15, 0.2) is 0 Å². The van der Waals surface area contributed by atoms with Crippen LogP contribution in [-0.4, -0.2) is 14.6 Å². The molecular weight excluding hydrogens is 167 g/mol. The van der Waals surface area contributed by atoms with Gasteiger partial charge in [-0.2, -0.15) is 0 Å². The van der Waals surface area contributed by atoms with E-state index in [9.17, 15) is 4.79 Å². The second-order valence-electron chi connectivity index (χ2n) is 2.21. The molecular formula is C6H5N4NaO. The average Bonchev–Trinajstić information content (AvgIpc) is 2.34. The Hall–Kier alpha value is -0.650. The predicted octanol–water partition coefficient (Wildman–Crippen LogP) is -3.64. The van der Waals surface area contributed by atoms with E-state index >= 15 is 0 Å². The molecule has 6 heteroatoms. The minimum Gasteiger partial charge on any atom is -0.362 e. The quantitative estimate of drug-likeness (QED) is 0.384. The third-order valence-electron chi connectivity index (χ3n) is 1.35. The summed E-state index contributed by atoms with van der Waals surface area (Å²) in [5, 5.41) is 3.69. The molecule has 0 aromatic carbocycles. The Morgan fingerprint density at radius 2 is 2.33 bits per heavy atom. The fourth-order valence-corrected chi connectivity index (χ4v) is 0.897. The molecule has 2 heterocycles. The minimum absolute atomic E-state index is 0. The van der Waals surface area contributed by atoms with E-state index in [2.05, 4.69) is 15.1 Å². The Morgan fingerprint density at radius 1 is 1.58 bits per heavy atom. The van der Waals surface area contributed by atoms with Crippen LogP contribution in [0.4, 0.5) is 0 Å². The van der Waals surface area contributed by atoms with Crippen LogP contribution in [0.15, 0.2) is 17.2 Å². The first-order valence-corrected chi connectivity index (χ1v) is 3.12. The molecule has 0 aliphatic rings. The summed E-state index contributed by atoms with van der Waals surface area (Å²) in [6, 6.07) is 1.42. The van der Waals surface area contributed by atoms with E-state index in [0.29, 0.717) is 11.5 Å². The van der Waals surface area contributed by atoms with E-state index in [1.54, 1.807) is 6.92 Å². The van der Waals surface area contributed by atoms with Gasteiger partial charge in [0, 0.05) is 5.78 Å². The van der Waals surface area contributed by atoms with Crippen LogP contribution in [-0.2, 0) is 0 Å². The maximum Gasteiger partial charge on any atom is 1.00 e. The molecule has 2 aromatic heterocycles. The van der Waals surface area contributed by atoms with E-state index < -0.39 is 0 Å². The molecule has 0 saturated heterocycles. The molecule has 5 nitrogen and oxygen atoms in total. The normalized spacial score (nSPS) is 9.75. The molecule has 0 N–H and O–H groups in total. The van der Waals surface area contributed by atoms with Gasteiger partial charge in [-0.3, -0.25) is 9.31 Å². The summed E-state index contributed by atoms with van der Waals surface area (Å²) in [6.45, 7) is 1.75. The summed E-state index contributed by atoms with van der Waals surface area (Å²) >= 11 is 0. The zero-order valence-corrected chi connectivity index (χ0v) is 8.85. The van der Waals surface area contributed by atoms with E-state index in [1.165, 1.54) is 12.4 Å². The van der Waals surface area contributed by atoms with Crippen LogP contribution in [0, 0.1) is 6.92 Å². The van der Waals surface area contributed by atoms with Gasteiger partial charge in [-0.1, -0.05) is 0 Å². The van der Waals surface area contributed by atoms with Crippen molar-refractivity contribution in [1.82, 2.24) is 19.6 Å². The van der Waals surface area contributed by atoms with Gasteiger partial charge in [-0.15, -0.1) is 0 Å². The van der Waals surface area contributed by atoms with Crippen LogP contribution in [0.1, 0.15) is 5.69 Å². The largest absolute Gasteiger partial charge is 1.00 e. The maximum atomic E-state index is 11.1. The maximum absolute atomic E-state index is 11.1. The van der Waals surface area contributed by atoms with Crippen molar-refractivity contribution < 1.29 is 29.6 Å². The Kier molecular flexibility index (Phi) is 2.66. The first-order valence-electron chi connectivity index (χ1n) is 3.12. The molecule has 0 amide bonds. The number of fused-ring (bicyclic) bond motifs is 1. The molecule has 0 spiro atoms. The smallest absolute Gasteiger partial charge is 0.362 e. The van der Waals surface area contributed by atoms with Crippen LogP contribution in [0.2, 0.25) is 0 Å². The van der Waals surface area contributed by atoms with Crippen molar-refractivity contribution in [1.29, 1.82) is 0 Å². The van der Waals surface area contributed by atoms with Crippen LogP contribution < -0.4 is 40.1 Å². The zero-order valence-electron chi connectivity index (χ0n) is 6.85. The molecule has 0 atom stereocenters. The summed E-state index contributed by atoms with van der Waals surface area (Å²) in [7, 11) is 0. The van der Waals surface area contributed by atoms with Crippen molar-refractivity contribution in [3.8, 4) is 0 Å². The fraction of sp³-hybridized carbons (Fsp3) is 0.167. The molecule has 0 saturated carbocycles. The monoisotopic (exact) mass is 172 g/mol. The number of rotatable bonds is 0. The van der Waals surface area contributed by atoms with Gasteiger partial charge in [-0.25, -0.2) is 5.10 Å². The van der Waals surface area contributed by atoms with Crippen molar-refractivity contribution in [2.75, 3.05) is 0 Å². The number of aromatic nitrogens is 4. The van der Waals surface area contributed by atoms with Crippen LogP contribution in [0.3, 0.4) is 0 Å². The summed E-state index contributed by atoms with van der Waals surface area (Å²) in [5.74, 6) is 0.356. The van der Waals surface area contributed by atoms with E-state index in [1.807, 2.05) is 0 Å². The third-order valence-corrected chi connectivity index (χ3v) is 1.35. The molecule has 12 heavy (non-hydrogen) atoms. The zero-order chi connectivity index (χ0) is 7.84. The molecule has 0 bridgehead atoms. The standard InChI is InChI=1S/C6H6N4O.Na/c1-4-2-5(11)10-6(9-4)7-3-8-10;/h2-3H,1H3,(H,7,8,9,11);/q;+1/p-1. The first-order chi connectivity index (χ1) is 5.27. The Morgan fingerprint density at radius 3 is 3.08 bits per heavy atom. The first kappa shape index (κ1) is 9.44. The second-order valence-corrected chi connectivity index (χ2v) is 2.21. The molecule has 0 aliphatic carbocycles. The van der Waals surface area contributed by atoms with Crippen molar-refractivity contribution in [2.24, 2.45) is 0 Å². The van der Waals surface area contributed by atoms with E-state index in [0.717, 1.165) is 4.52 Å². The molecule has 0 unspecified atom stereocenters. The summed E-state index contributed by atoms with van der Waals surface area (Å²) in [5.41, 5.74) is 0.473. The average molecular weight is 172 g/mol. The number of aryl methyl sites for hydroxylation is 1. The van der Waals surface area contributed by atoms with Gasteiger partial charge in [0.05, 0.1) is 6.33 Å². The fourth-order valence-electron chi connectivity index (χ4n) is 0.897. The molecule has 0 radical (unpaired) electrons. The summed E-state index contributed by atoms with van der Waals surface area (Å²) in [4.78, 5) is 18.8. The molecule has 0 aliphatic heterocycles. The Bertz CT molecular complexity index is 446. The van der Waals surface area contributed by atoms with Crippen molar-refractivity contribution in [3.05, 3.63) is 28.4 Å². The van der Waals surface area contributed by atoms with Gasteiger partial charge in [0.1, 0.15) is 0 Å². The van der Waals surface area contributed by atoms with Gasteiger partial charge < -0.3 is 9.97 Å². The summed E-state index contributed by atoms with van der Waals surface area (Å²) < 4.78 is 1.16. The SMILES string of the molecule is Cc1cc(=O)n2ncnc2[n-]1.[Na+]. The van der Waals surface area contributed by atoms with Gasteiger partial charge in [0.25, 0.3) is 0 Å². The predicted molar refractivity (Wildman–Crippen MR) is 37.3 cm³/mol. The Labute approximate surface area is 90.1 Å². The van der Waals surface area contributed by atoms with Gasteiger partial charge in [-0.05, 0) is 18.7 Å². The Balaban J connectivity index is 0.000000720. The number of hydrogen-bond acceptors (Lipinski definition) is 3. The van der Waals surface area contributed by atoms with Gasteiger partial charge >= 0.3 is 29.6 Å². The number of nitrogens with zero attached hydrogens (tertiary/aromatic N) is 4. The number of hydrogen-bond donors (Lipinski definition) is 0. The third kappa shape index (κ3) is 1.43. The van der Waals surface area contributed by atoms with Crippen LogP contribution >= 0.6 is 0 Å². The molecule has 2 rings (SSSR count). The topological polar surface area (TPSA) is 61.4 Å². The molecule has 0 fully saturated rings. The van der Waals surface area contributed by atoms with Gasteiger partial charge in [0.2, 0.25) is 5.56 Å². The van der Waals surface area contributed by atoms with E-state index in [-0.39, 0.29) is 35.1 Å². The summed E-state index contributed by atoms with van der Waals surface area (Å²) in [6.07, 6.45) is 1.31.